The molecule has 0 radical (unpaired) electrons. The van der Waals surface area contributed by atoms with Crippen molar-refractivity contribution in [3.05, 3.63) is 54.1 Å². The van der Waals surface area contributed by atoms with Gasteiger partial charge in [0.2, 0.25) is 0 Å². The largest absolute Gasteiger partial charge is 0.497 e. The summed E-state index contributed by atoms with van der Waals surface area (Å²) < 4.78 is 5.21. The third-order valence-electron chi connectivity index (χ3n) is 5.77. The maximum absolute atomic E-state index is 13.3. The van der Waals surface area contributed by atoms with E-state index in [-0.39, 0.29) is 5.91 Å². The molecule has 1 fully saturated rings. The van der Waals surface area contributed by atoms with Gasteiger partial charge in [-0.1, -0.05) is 37.5 Å². The minimum Gasteiger partial charge on any atom is -0.497 e. The molecule has 1 amide bonds. The molecular formula is C23H27N3O2. The van der Waals surface area contributed by atoms with Crippen LogP contribution in [0.25, 0.3) is 0 Å². The van der Waals surface area contributed by atoms with Gasteiger partial charge in [0.05, 0.1) is 25.2 Å². The fraction of sp³-hybridized carbons (Fsp3) is 0.391. The number of amides is 1. The van der Waals surface area contributed by atoms with E-state index in [9.17, 15) is 4.79 Å². The van der Waals surface area contributed by atoms with Crippen LogP contribution in [0.4, 0.5) is 11.4 Å². The molecule has 0 unspecified atom stereocenters. The van der Waals surface area contributed by atoms with Crippen molar-refractivity contribution in [3.8, 4) is 5.75 Å². The average Bonchev–Trinajstić information content (AvgIpc) is 3.01. The Labute approximate surface area is 166 Å². The molecule has 4 rings (SSSR count). The molecule has 28 heavy (non-hydrogen) atoms. The van der Waals surface area contributed by atoms with Gasteiger partial charge in [0.1, 0.15) is 11.5 Å². The zero-order valence-corrected chi connectivity index (χ0v) is 16.6. The van der Waals surface area contributed by atoms with E-state index in [0.29, 0.717) is 18.4 Å². The highest BCUT2D eigenvalue weighted by Gasteiger charge is 2.35. The van der Waals surface area contributed by atoms with Crippen LogP contribution in [-0.4, -0.2) is 43.4 Å². The second-order valence-electron chi connectivity index (χ2n) is 7.60. The number of aliphatic imine (C=N–C) groups is 1. The van der Waals surface area contributed by atoms with E-state index in [1.165, 1.54) is 32.1 Å². The highest BCUT2D eigenvalue weighted by atomic mass is 16.5. The Morgan fingerprint density at radius 3 is 2.50 bits per heavy atom. The number of methoxy groups -OCH3 is 1. The van der Waals surface area contributed by atoms with Crippen molar-refractivity contribution in [1.82, 2.24) is 4.90 Å². The molecule has 0 spiro atoms. The number of carbonyl (C=O) groups excluding carboxylic acids is 1. The van der Waals surface area contributed by atoms with Crippen molar-refractivity contribution >= 4 is 23.0 Å². The van der Waals surface area contributed by atoms with E-state index < -0.39 is 0 Å². The van der Waals surface area contributed by atoms with Crippen LogP contribution in [0.3, 0.4) is 0 Å². The molecule has 1 heterocycles. The summed E-state index contributed by atoms with van der Waals surface area (Å²) in [5.41, 5.74) is 3.11. The summed E-state index contributed by atoms with van der Waals surface area (Å²) in [7, 11) is 3.77. The van der Waals surface area contributed by atoms with Gasteiger partial charge >= 0.3 is 0 Å². The lowest BCUT2D eigenvalue weighted by Gasteiger charge is -2.34. The van der Waals surface area contributed by atoms with Gasteiger partial charge < -0.3 is 4.74 Å². The minimum absolute atomic E-state index is 0.0281. The number of fused-ring (bicyclic) bond motifs is 1. The van der Waals surface area contributed by atoms with Crippen LogP contribution in [0.1, 0.15) is 37.7 Å². The number of hydrogen-bond acceptors (Lipinski definition) is 4. The number of rotatable bonds is 5. The fourth-order valence-electron chi connectivity index (χ4n) is 4.16. The van der Waals surface area contributed by atoms with E-state index in [1.807, 2.05) is 53.4 Å². The quantitative estimate of drug-likeness (QED) is 0.776. The first-order valence-electron chi connectivity index (χ1n) is 10.0. The number of ether oxygens (including phenoxy) is 1. The van der Waals surface area contributed by atoms with Gasteiger partial charge in [-0.3, -0.25) is 14.6 Å². The van der Waals surface area contributed by atoms with Gasteiger partial charge in [0.15, 0.2) is 0 Å². The predicted octanol–water partition coefficient (Wildman–Crippen LogP) is 4.38. The molecule has 0 N–H and O–H groups in total. The van der Waals surface area contributed by atoms with Crippen molar-refractivity contribution in [2.24, 2.45) is 4.99 Å². The molecule has 5 heteroatoms. The third kappa shape index (κ3) is 3.67. The van der Waals surface area contributed by atoms with Crippen molar-refractivity contribution in [3.63, 3.8) is 0 Å². The molecule has 1 saturated carbocycles. The van der Waals surface area contributed by atoms with Crippen LogP contribution >= 0.6 is 0 Å². The van der Waals surface area contributed by atoms with Gasteiger partial charge in [0, 0.05) is 11.6 Å². The van der Waals surface area contributed by atoms with E-state index in [0.717, 1.165) is 22.7 Å². The summed E-state index contributed by atoms with van der Waals surface area (Å²) in [6.07, 6.45) is 6.32. The second-order valence-corrected chi connectivity index (χ2v) is 7.60. The Morgan fingerprint density at radius 1 is 1.07 bits per heavy atom. The molecule has 2 aliphatic rings. The van der Waals surface area contributed by atoms with Crippen LogP contribution in [0, 0.1) is 0 Å². The molecule has 0 aromatic heterocycles. The van der Waals surface area contributed by atoms with Gasteiger partial charge in [0.25, 0.3) is 5.91 Å². The molecule has 1 aliphatic heterocycles. The Balaban J connectivity index is 1.61. The lowest BCUT2D eigenvalue weighted by Crippen LogP contribution is -2.44. The second kappa shape index (κ2) is 8.15. The first-order chi connectivity index (χ1) is 13.7. The number of benzene rings is 2. The highest BCUT2D eigenvalue weighted by Crippen LogP contribution is 2.32. The minimum atomic E-state index is -0.0281. The molecule has 0 atom stereocenters. The third-order valence-corrected chi connectivity index (χ3v) is 5.77. The molecule has 2 aromatic carbocycles. The molecule has 0 saturated heterocycles. The zero-order valence-electron chi connectivity index (χ0n) is 16.6. The molecule has 0 bridgehead atoms. The van der Waals surface area contributed by atoms with Crippen LogP contribution in [0.2, 0.25) is 0 Å². The summed E-state index contributed by atoms with van der Waals surface area (Å²) in [4.78, 5) is 22.1. The molecular weight excluding hydrogens is 350 g/mol. The van der Waals surface area contributed by atoms with Crippen molar-refractivity contribution in [2.75, 3.05) is 25.7 Å². The lowest BCUT2D eigenvalue weighted by molar-refractivity contribution is -0.112. The standard InChI is InChI=1S/C23H27N3O2/c1-25(18-8-4-3-5-9-18)16-26-21-11-7-6-10-20(21)22(23(26)27)24-17-12-14-19(28-2)15-13-17/h6-7,10-15,18H,3-5,8-9,16H2,1-2H3. The predicted molar refractivity (Wildman–Crippen MR) is 113 cm³/mol. The van der Waals surface area contributed by atoms with Crippen molar-refractivity contribution in [1.29, 1.82) is 0 Å². The number of hydrogen-bond donors (Lipinski definition) is 0. The van der Waals surface area contributed by atoms with Crippen molar-refractivity contribution in [2.45, 2.75) is 38.1 Å². The van der Waals surface area contributed by atoms with Gasteiger partial charge in [-0.2, -0.15) is 0 Å². The zero-order chi connectivity index (χ0) is 19.5. The maximum Gasteiger partial charge on any atom is 0.278 e. The number of anilines is 1. The maximum atomic E-state index is 13.3. The monoisotopic (exact) mass is 377 g/mol. The smallest absolute Gasteiger partial charge is 0.278 e. The summed E-state index contributed by atoms with van der Waals surface area (Å²) in [6.45, 7) is 0.599. The first-order valence-corrected chi connectivity index (χ1v) is 10.0. The molecule has 1 aliphatic carbocycles. The number of nitrogens with zero attached hydrogens (tertiary/aromatic N) is 3. The van der Waals surface area contributed by atoms with E-state index in [2.05, 4.69) is 16.9 Å². The van der Waals surface area contributed by atoms with Crippen LogP contribution in [0.5, 0.6) is 5.75 Å². The summed E-state index contributed by atoms with van der Waals surface area (Å²) in [6, 6.07) is 16.0. The van der Waals surface area contributed by atoms with Crippen LogP contribution < -0.4 is 9.64 Å². The Bertz CT molecular complexity index is 870. The Hall–Kier alpha value is -2.66. The van der Waals surface area contributed by atoms with Gasteiger partial charge in [-0.05, 0) is 50.2 Å². The molecule has 5 nitrogen and oxygen atoms in total. The summed E-state index contributed by atoms with van der Waals surface area (Å²) >= 11 is 0. The SMILES string of the molecule is COc1ccc(N=C2C(=O)N(CN(C)C3CCCCC3)c3ccccc32)cc1. The van der Waals surface area contributed by atoms with Crippen LogP contribution in [-0.2, 0) is 4.79 Å². The summed E-state index contributed by atoms with van der Waals surface area (Å²) in [5, 5.41) is 0. The number of carbonyl (C=O) groups is 1. The van der Waals surface area contributed by atoms with E-state index in [4.69, 9.17) is 4.74 Å². The molecule has 146 valence electrons. The first kappa shape index (κ1) is 18.7. The highest BCUT2D eigenvalue weighted by molar-refractivity contribution is 6.54. The van der Waals surface area contributed by atoms with E-state index in [1.54, 1.807) is 7.11 Å². The topological polar surface area (TPSA) is 45.1 Å². The Kier molecular flexibility index (Phi) is 5.44. The summed E-state index contributed by atoms with van der Waals surface area (Å²) in [5.74, 6) is 0.748. The lowest BCUT2D eigenvalue weighted by atomic mass is 9.95. The normalized spacial score (nSPS) is 18.8. The van der Waals surface area contributed by atoms with E-state index >= 15 is 0 Å². The number of para-hydroxylation sites is 1. The fourth-order valence-corrected chi connectivity index (χ4v) is 4.16. The van der Waals surface area contributed by atoms with Gasteiger partial charge in [-0.15, -0.1) is 0 Å². The van der Waals surface area contributed by atoms with Gasteiger partial charge in [-0.25, -0.2) is 4.99 Å². The van der Waals surface area contributed by atoms with Crippen molar-refractivity contribution < 1.29 is 9.53 Å². The Morgan fingerprint density at radius 2 is 1.79 bits per heavy atom. The average molecular weight is 377 g/mol. The van der Waals surface area contributed by atoms with Crippen LogP contribution in [0.15, 0.2) is 53.5 Å². The molecule has 2 aromatic rings.